The minimum Gasteiger partial charge on any atom is -0.480 e. The number of methoxy groups -OCH3 is 1. The van der Waals surface area contributed by atoms with Crippen molar-refractivity contribution in [3.63, 3.8) is 0 Å². The zero-order chi connectivity index (χ0) is 13.1. The Balaban J connectivity index is 2.63. The van der Waals surface area contributed by atoms with Crippen molar-refractivity contribution in [1.29, 1.82) is 0 Å². The van der Waals surface area contributed by atoms with Crippen LogP contribution in [0.4, 0.5) is 4.39 Å². The van der Waals surface area contributed by atoms with Crippen LogP contribution in [0.15, 0.2) is 30.5 Å². The molecule has 0 unspecified atom stereocenters. The highest BCUT2D eigenvalue weighted by molar-refractivity contribution is 6.30. The molecule has 0 aliphatic heterocycles. The first-order valence-electron chi connectivity index (χ1n) is 5.11. The summed E-state index contributed by atoms with van der Waals surface area (Å²) in [6.45, 7) is 0. The number of hydrogen-bond acceptors (Lipinski definition) is 3. The third kappa shape index (κ3) is 2.19. The summed E-state index contributed by atoms with van der Waals surface area (Å²) in [5, 5.41) is 0.0347. The molecule has 0 amide bonds. The lowest BCUT2D eigenvalue weighted by atomic mass is 10.0. The Kier molecular flexibility index (Phi) is 3.58. The number of nitrogens with zero attached hydrogens (tertiary/aromatic N) is 1. The number of aldehydes is 1. The maximum Gasteiger partial charge on any atom is 0.224 e. The molecule has 1 heterocycles. The molecule has 0 saturated carbocycles. The van der Waals surface area contributed by atoms with Crippen LogP contribution in [0.2, 0.25) is 5.02 Å². The van der Waals surface area contributed by atoms with Crippen molar-refractivity contribution >= 4 is 17.9 Å². The monoisotopic (exact) mass is 265 g/mol. The van der Waals surface area contributed by atoms with E-state index in [4.69, 9.17) is 16.3 Å². The first-order valence-corrected chi connectivity index (χ1v) is 5.48. The first kappa shape index (κ1) is 12.5. The summed E-state index contributed by atoms with van der Waals surface area (Å²) in [6, 6.07) is 5.96. The highest BCUT2D eigenvalue weighted by atomic mass is 35.5. The van der Waals surface area contributed by atoms with E-state index in [-0.39, 0.29) is 16.5 Å². The van der Waals surface area contributed by atoms with Crippen LogP contribution in [0.25, 0.3) is 11.1 Å². The number of halogens is 2. The van der Waals surface area contributed by atoms with Gasteiger partial charge in [-0.25, -0.2) is 9.37 Å². The largest absolute Gasteiger partial charge is 0.480 e. The van der Waals surface area contributed by atoms with E-state index in [2.05, 4.69) is 4.98 Å². The van der Waals surface area contributed by atoms with E-state index in [1.165, 1.54) is 25.4 Å². The summed E-state index contributed by atoms with van der Waals surface area (Å²) in [6.07, 6.45) is 2.13. The van der Waals surface area contributed by atoms with Gasteiger partial charge in [0.05, 0.1) is 17.7 Å². The van der Waals surface area contributed by atoms with Crippen molar-refractivity contribution in [2.45, 2.75) is 0 Å². The molecule has 0 atom stereocenters. The lowest BCUT2D eigenvalue weighted by Gasteiger charge is -2.08. The summed E-state index contributed by atoms with van der Waals surface area (Å²) in [4.78, 5) is 15.0. The van der Waals surface area contributed by atoms with Gasteiger partial charge in [0.2, 0.25) is 5.88 Å². The molecule has 1 aromatic heterocycles. The Morgan fingerprint density at radius 1 is 1.39 bits per heavy atom. The molecular weight excluding hydrogens is 257 g/mol. The number of pyridine rings is 1. The summed E-state index contributed by atoms with van der Waals surface area (Å²) < 4.78 is 18.4. The van der Waals surface area contributed by atoms with E-state index in [0.717, 1.165) is 0 Å². The van der Waals surface area contributed by atoms with E-state index in [1.807, 2.05) is 0 Å². The Bertz CT molecular complexity index is 602. The number of benzene rings is 1. The summed E-state index contributed by atoms with van der Waals surface area (Å²) in [5.41, 5.74) is 1.37. The topological polar surface area (TPSA) is 39.2 Å². The molecular formula is C13H9ClFNO2. The SMILES string of the molecule is COc1nccc(-c2ccc(Cl)c(F)c2)c1C=O. The van der Waals surface area contributed by atoms with Crippen LogP contribution in [-0.4, -0.2) is 18.4 Å². The lowest BCUT2D eigenvalue weighted by molar-refractivity contribution is 0.112. The second-order valence-corrected chi connectivity index (χ2v) is 3.94. The fraction of sp³-hybridized carbons (Fsp3) is 0.0769. The van der Waals surface area contributed by atoms with Gasteiger partial charge < -0.3 is 4.74 Å². The molecule has 2 aromatic rings. The van der Waals surface area contributed by atoms with Crippen molar-refractivity contribution in [3.05, 3.63) is 46.9 Å². The van der Waals surface area contributed by atoms with Crippen LogP contribution in [-0.2, 0) is 0 Å². The van der Waals surface area contributed by atoms with Gasteiger partial charge in [0.15, 0.2) is 6.29 Å². The van der Waals surface area contributed by atoms with Gasteiger partial charge >= 0.3 is 0 Å². The molecule has 18 heavy (non-hydrogen) atoms. The number of ether oxygens (including phenoxy) is 1. The molecule has 0 N–H and O–H groups in total. The Hall–Kier alpha value is -1.94. The number of hydrogen-bond donors (Lipinski definition) is 0. The van der Waals surface area contributed by atoms with Gasteiger partial charge in [-0.2, -0.15) is 0 Å². The van der Waals surface area contributed by atoms with E-state index in [1.54, 1.807) is 12.1 Å². The normalized spacial score (nSPS) is 10.2. The summed E-state index contributed by atoms with van der Waals surface area (Å²) in [5.74, 6) is -0.334. The van der Waals surface area contributed by atoms with Crippen molar-refractivity contribution in [2.24, 2.45) is 0 Å². The standard InChI is InChI=1S/C13H9ClFNO2/c1-18-13-10(7-17)9(4-5-16-13)8-2-3-11(14)12(15)6-8/h2-7H,1H3. The Labute approximate surface area is 108 Å². The Morgan fingerprint density at radius 2 is 2.17 bits per heavy atom. The van der Waals surface area contributed by atoms with Gasteiger partial charge in [-0.3, -0.25) is 4.79 Å². The molecule has 0 fully saturated rings. The lowest BCUT2D eigenvalue weighted by Crippen LogP contribution is -1.97. The predicted molar refractivity (Wildman–Crippen MR) is 66.6 cm³/mol. The van der Waals surface area contributed by atoms with Crippen molar-refractivity contribution in [3.8, 4) is 17.0 Å². The molecule has 0 radical (unpaired) electrons. The minimum atomic E-state index is -0.540. The molecule has 0 spiro atoms. The molecule has 2 rings (SSSR count). The van der Waals surface area contributed by atoms with E-state index < -0.39 is 5.82 Å². The third-order valence-corrected chi connectivity index (χ3v) is 2.80. The molecule has 0 aliphatic carbocycles. The van der Waals surface area contributed by atoms with Crippen LogP contribution in [0.3, 0.4) is 0 Å². The highest BCUT2D eigenvalue weighted by Crippen LogP contribution is 2.29. The molecule has 0 saturated heterocycles. The first-order chi connectivity index (χ1) is 8.67. The highest BCUT2D eigenvalue weighted by Gasteiger charge is 2.12. The zero-order valence-electron chi connectivity index (χ0n) is 9.48. The van der Waals surface area contributed by atoms with Gasteiger partial charge in [0.1, 0.15) is 5.82 Å². The molecule has 0 aliphatic rings. The van der Waals surface area contributed by atoms with Gasteiger partial charge in [-0.1, -0.05) is 17.7 Å². The van der Waals surface area contributed by atoms with Crippen molar-refractivity contribution < 1.29 is 13.9 Å². The molecule has 1 aromatic carbocycles. The van der Waals surface area contributed by atoms with Crippen molar-refractivity contribution in [2.75, 3.05) is 7.11 Å². The van der Waals surface area contributed by atoms with Gasteiger partial charge in [-0.15, -0.1) is 0 Å². The van der Waals surface area contributed by atoms with E-state index in [9.17, 15) is 9.18 Å². The smallest absolute Gasteiger partial charge is 0.224 e. The third-order valence-electron chi connectivity index (χ3n) is 2.50. The minimum absolute atomic E-state index is 0.0347. The van der Waals surface area contributed by atoms with Crippen LogP contribution in [0.1, 0.15) is 10.4 Å². The van der Waals surface area contributed by atoms with Crippen molar-refractivity contribution in [1.82, 2.24) is 4.98 Å². The molecule has 3 nitrogen and oxygen atoms in total. The van der Waals surface area contributed by atoms with E-state index >= 15 is 0 Å². The van der Waals surface area contributed by atoms with E-state index in [0.29, 0.717) is 17.4 Å². The number of aromatic nitrogens is 1. The van der Waals surface area contributed by atoms with Crippen LogP contribution in [0, 0.1) is 5.82 Å². The number of carbonyl (C=O) groups is 1. The van der Waals surface area contributed by atoms with Gasteiger partial charge in [-0.05, 0) is 29.3 Å². The molecule has 92 valence electrons. The zero-order valence-corrected chi connectivity index (χ0v) is 10.2. The number of carbonyl (C=O) groups excluding carboxylic acids is 1. The number of rotatable bonds is 3. The van der Waals surface area contributed by atoms with Crippen LogP contribution in [0.5, 0.6) is 5.88 Å². The average Bonchev–Trinajstić information content (AvgIpc) is 2.40. The van der Waals surface area contributed by atoms with Crippen LogP contribution >= 0.6 is 11.6 Å². The maximum absolute atomic E-state index is 13.4. The fourth-order valence-electron chi connectivity index (χ4n) is 1.65. The Morgan fingerprint density at radius 3 is 2.78 bits per heavy atom. The predicted octanol–water partition coefficient (Wildman–Crippen LogP) is 3.36. The van der Waals surface area contributed by atoms with Gasteiger partial charge in [0.25, 0.3) is 0 Å². The average molecular weight is 266 g/mol. The van der Waals surface area contributed by atoms with Gasteiger partial charge in [0, 0.05) is 6.20 Å². The quantitative estimate of drug-likeness (QED) is 0.799. The molecule has 0 bridgehead atoms. The second-order valence-electron chi connectivity index (χ2n) is 3.53. The maximum atomic E-state index is 13.4. The fourth-order valence-corrected chi connectivity index (χ4v) is 1.76. The van der Waals surface area contributed by atoms with Crippen LogP contribution < -0.4 is 4.74 Å². The summed E-state index contributed by atoms with van der Waals surface area (Å²) in [7, 11) is 1.42. The second kappa shape index (κ2) is 5.14. The summed E-state index contributed by atoms with van der Waals surface area (Å²) >= 11 is 5.62. The molecule has 5 heteroatoms.